The van der Waals surface area contributed by atoms with E-state index in [9.17, 15) is 13.2 Å². The summed E-state index contributed by atoms with van der Waals surface area (Å²) in [6, 6.07) is 11.4. The topological polar surface area (TPSA) is 81.7 Å². The van der Waals surface area contributed by atoms with Crippen LogP contribution in [-0.2, 0) is 10.0 Å². The van der Waals surface area contributed by atoms with Crippen LogP contribution in [0.1, 0.15) is 17.3 Å². The Hall–Kier alpha value is -2.13. The molecule has 7 nitrogen and oxygen atoms in total. The lowest BCUT2D eigenvalue weighted by Crippen LogP contribution is -2.44. The second-order valence-corrected chi connectivity index (χ2v) is 9.14. The highest BCUT2D eigenvalue weighted by molar-refractivity contribution is 7.89. The summed E-state index contributed by atoms with van der Waals surface area (Å²) < 4.78 is 26.9. The number of carbonyl (C=O) groups is 1. The summed E-state index contributed by atoms with van der Waals surface area (Å²) in [5.41, 5.74) is 1.76. The number of nitrogens with zero attached hydrogens (tertiary/aromatic N) is 2. The Morgan fingerprint density at radius 1 is 1.10 bits per heavy atom. The average Bonchev–Trinajstić information content (AvgIpc) is 2.69. The number of amides is 1. The Morgan fingerprint density at radius 3 is 2.52 bits per heavy atom. The van der Waals surface area contributed by atoms with Gasteiger partial charge in [0, 0.05) is 43.3 Å². The summed E-state index contributed by atoms with van der Waals surface area (Å²) in [4.78, 5) is 17.4. The number of benzene rings is 2. The molecule has 2 aromatic rings. The van der Waals surface area contributed by atoms with Gasteiger partial charge >= 0.3 is 0 Å². The van der Waals surface area contributed by atoms with Gasteiger partial charge in [0.1, 0.15) is 0 Å². The smallest absolute Gasteiger partial charge is 0.255 e. The number of sulfonamides is 1. The number of hydrogen-bond acceptors (Lipinski definition) is 5. The predicted molar refractivity (Wildman–Crippen MR) is 116 cm³/mol. The first-order valence-electron chi connectivity index (χ1n) is 9.44. The van der Waals surface area contributed by atoms with E-state index in [1.54, 1.807) is 31.2 Å². The highest BCUT2D eigenvalue weighted by Gasteiger charge is 2.20. The van der Waals surface area contributed by atoms with Crippen molar-refractivity contribution >= 4 is 38.9 Å². The second-order valence-electron chi connectivity index (χ2n) is 6.94. The van der Waals surface area contributed by atoms with Gasteiger partial charge < -0.3 is 15.1 Å². The molecule has 1 aliphatic heterocycles. The van der Waals surface area contributed by atoms with Crippen LogP contribution >= 0.6 is 11.6 Å². The minimum absolute atomic E-state index is 0.0531. The summed E-state index contributed by atoms with van der Waals surface area (Å²) in [6.45, 7) is 5.53. The largest absolute Gasteiger partial charge is 0.367 e. The minimum Gasteiger partial charge on any atom is -0.367 e. The molecular formula is C20H25ClN4O3S. The van der Waals surface area contributed by atoms with E-state index < -0.39 is 15.9 Å². The van der Waals surface area contributed by atoms with Crippen molar-refractivity contribution in [3.63, 3.8) is 0 Å². The molecule has 2 N–H and O–H groups in total. The first-order chi connectivity index (χ1) is 13.8. The highest BCUT2D eigenvalue weighted by Crippen LogP contribution is 2.30. The molecule has 9 heteroatoms. The zero-order chi connectivity index (χ0) is 21.0. The molecule has 0 saturated carbocycles. The minimum atomic E-state index is -3.64. The Balaban J connectivity index is 1.85. The fourth-order valence-corrected chi connectivity index (χ4v) is 4.46. The summed E-state index contributed by atoms with van der Waals surface area (Å²) >= 11 is 6.16. The van der Waals surface area contributed by atoms with Crippen molar-refractivity contribution < 1.29 is 13.2 Å². The summed E-state index contributed by atoms with van der Waals surface area (Å²) in [5.74, 6) is -0.392. The van der Waals surface area contributed by atoms with Crippen LogP contribution in [0, 0.1) is 0 Å². The van der Waals surface area contributed by atoms with Crippen LogP contribution in [0.3, 0.4) is 0 Å². The monoisotopic (exact) mass is 436 g/mol. The normalized spacial score (nSPS) is 15.3. The molecule has 1 fully saturated rings. The van der Waals surface area contributed by atoms with E-state index in [4.69, 9.17) is 11.6 Å². The molecule has 1 aliphatic rings. The molecule has 0 aliphatic carbocycles. The van der Waals surface area contributed by atoms with Gasteiger partial charge in [-0.1, -0.05) is 24.6 Å². The third-order valence-electron chi connectivity index (χ3n) is 4.79. The van der Waals surface area contributed by atoms with Gasteiger partial charge in [0.25, 0.3) is 5.91 Å². The SMILES string of the molecule is CCNS(=O)(=O)c1cccc(C(=O)Nc2cc(Cl)ccc2N2CCN(C)CC2)c1. The van der Waals surface area contributed by atoms with Crippen molar-refractivity contribution in [1.82, 2.24) is 9.62 Å². The Kier molecular flexibility index (Phi) is 6.79. The maximum atomic E-state index is 12.9. The van der Waals surface area contributed by atoms with Gasteiger partial charge in [-0.3, -0.25) is 4.79 Å². The number of hydrogen-bond donors (Lipinski definition) is 2. The summed E-state index contributed by atoms with van der Waals surface area (Å²) in [5, 5.41) is 3.41. The van der Waals surface area contributed by atoms with Crippen LogP contribution in [-0.4, -0.2) is 59.0 Å². The molecule has 1 amide bonds. The van der Waals surface area contributed by atoms with Crippen LogP contribution < -0.4 is 14.9 Å². The number of carbonyl (C=O) groups excluding carboxylic acids is 1. The number of piperazine rings is 1. The standard InChI is InChI=1S/C20H25ClN4O3S/c1-3-22-29(27,28)17-6-4-5-15(13-17)20(26)23-18-14-16(21)7-8-19(18)25-11-9-24(2)10-12-25/h4-8,13-14,22H,3,9-12H2,1-2H3,(H,23,26). The number of halogens is 1. The number of nitrogens with one attached hydrogen (secondary N) is 2. The average molecular weight is 437 g/mol. The van der Waals surface area contributed by atoms with Crippen LogP contribution in [0.2, 0.25) is 5.02 Å². The van der Waals surface area contributed by atoms with Gasteiger partial charge in [-0.15, -0.1) is 0 Å². The molecule has 3 rings (SSSR count). The molecule has 0 atom stereocenters. The number of anilines is 2. The Labute approximate surface area is 176 Å². The lowest BCUT2D eigenvalue weighted by molar-refractivity contribution is 0.102. The van der Waals surface area contributed by atoms with Crippen LogP contribution in [0.15, 0.2) is 47.4 Å². The molecule has 0 unspecified atom stereocenters. The number of likely N-dealkylation sites (N-methyl/N-ethyl adjacent to an activating group) is 1. The van der Waals surface area contributed by atoms with Crippen LogP contribution in [0.5, 0.6) is 0 Å². The molecular weight excluding hydrogens is 412 g/mol. The van der Waals surface area contributed by atoms with Crippen molar-refractivity contribution in [2.75, 3.05) is 50.0 Å². The lowest BCUT2D eigenvalue weighted by atomic mass is 10.1. The van der Waals surface area contributed by atoms with E-state index >= 15 is 0 Å². The zero-order valence-electron chi connectivity index (χ0n) is 16.5. The van der Waals surface area contributed by atoms with Crippen molar-refractivity contribution in [3.8, 4) is 0 Å². The van der Waals surface area contributed by atoms with Crippen molar-refractivity contribution in [2.45, 2.75) is 11.8 Å². The van der Waals surface area contributed by atoms with E-state index in [0.717, 1.165) is 31.9 Å². The van der Waals surface area contributed by atoms with Crippen molar-refractivity contribution in [1.29, 1.82) is 0 Å². The van der Waals surface area contributed by atoms with Gasteiger partial charge in [-0.25, -0.2) is 13.1 Å². The molecule has 0 aromatic heterocycles. The van der Waals surface area contributed by atoms with E-state index in [2.05, 4.69) is 26.9 Å². The van der Waals surface area contributed by atoms with Gasteiger partial charge in [0.05, 0.1) is 16.3 Å². The molecule has 0 bridgehead atoms. The third-order valence-corrected chi connectivity index (χ3v) is 6.57. The summed E-state index contributed by atoms with van der Waals surface area (Å²) in [7, 11) is -1.56. The molecule has 156 valence electrons. The fraction of sp³-hybridized carbons (Fsp3) is 0.350. The zero-order valence-corrected chi connectivity index (χ0v) is 18.1. The Bertz CT molecular complexity index is 989. The first-order valence-corrected chi connectivity index (χ1v) is 11.3. The molecule has 1 heterocycles. The third kappa shape index (κ3) is 5.27. The van der Waals surface area contributed by atoms with E-state index in [0.29, 0.717) is 10.7 Å². The Morgan fingerprint density at radius 2 is 1.83 bits per heavy atom. The lowest BCUT2D eigenvalue weighted by Gasteiger charge is -2.35. The highest BCUT2D eigenvalue weighted by atomic mass is 35.5. The molecule has 29 heavy (non-hydrogen) atoms. The molecule has 2 aromatic carbocycles. The summed E-state index contributed by atoms with van der Waals surface area (Å²) in [6.07, 6.45) is 0. The van der Waals surface area contributed by atoms with E-state index in [1.165, 1.54) is 12.1 Å². The maximum absolute atomic E-state index is 12.9. The number of rotatable bonds is 6. The van der Waals surface area contributed by atoms with Crippen LogP contribution in [0.4, 0.5) is 11.4 Å². The molecule has 0 radical (unpaired) electrons. The van der Waals surface area contributed by atoms with E-state index in [-0.39, 0.29) is 17.0 Å². The molecule has 0 spiro atoms. The fourth-order valence-electron chi connectivity index (χ4n) is 3.20. The van der Waals surface area contributed by atoms with Gasteiger partial charge in [-0.05, 0) is 43.4 Å². The van der Waals surface area contributed by atoms with Gasteiger partial charge in [-0.2, -0.15) is 0 Å². The van der Waals surface area contributed by atoms with E-state index in [1.807, 2.05) is 6.07 Å². The first kappa shape index (κ1) is 21.6. The predicted octanol–water partition coefficient (Wildman–Crippen LogP) is 2.64. The van der Waals surface area contributed by atoms with Gasteiger partial charge in [0.2, 0.25) is 10.0 Å². The van der Waals surface area contributed by atoms with Crippen molar-refractivity contribution in [3.05, 3.63) is 53.1 Å². The second kappa shape index (κ2) is 9.13. The van der Waals surface area contributed by atoms with Crippen LogP contribution in [0.25, 0.3) is 0 Å². The maximum Gasteiger partial charge on any atom is 0.255 e. The quantitative estimate of drug-likeness (QED) is 0.727. The van der Waals surface area contributed by atoms with Gasteiger partial charge in [0.15, 0.2) is 0 Å². The van der Waals surface area contributed by atoms with Crippen molar-refractivity contribution in [2.24, 2.45) is 0 Å². The molecule has 1 saturated heterocycles.